The van der Waals surface area contributed by atoms with E-state index in [4.69, 9.17) is 4.74 Å². The maximum absolute atomic E-state index is 12.1. The summed E-state index contributed by atoms with van der Waals surface area (Å²) in [6, 6.07) is 7.70. The molecule has 0 fully saturated rings. The highest BCUT2D eigenvalue weighted by atomic mass is 32.2. The molecule has 0 heterocycles. The fraction of sp³-hybridized carbons (Fsp3) is 0.571. The van der Waals surface area contributed by atoms with Crippen LogP contribution in [-0.4, -0.2) is 40.7 Å². The van der Waals surface area contributed by atoms with Crippen molar-refractivity contribution < 1.29 is 13.2 Å². The topological polar surface area (TPSA) is 55.4 Å². The van der Waals surface area contributed by atoms with E-state index < -0.39 is 9.84 Å². The zero-order valence-corrected chi connectivity index (χ0v) is 12.7. The number of hydrogen-bond acceptors (Lipinski definition) is 4. The number of aryl methyl sites for hydroxylation is 1. The van der Waals surface area contributed by atoms with Crippen LogP contribution >= 0.6 is 0 Å². The molecule has 108 valence electrons. The molecule has 0 radical (unpaired) electrons. The number of benzene rings is 1. The molecule has 0 aliphatic rings. The molecule has 0 saturated heterocycles. The van der Waals surface area contributed by atoms with Gasteiger partial charge in [-0.25, -0.2) is 8.42 Å². The third-order valence-electron chi connectivity index (χ3n) is 3.14. The minimum atomic E-state index is -3.07. The van der Waals surface area contributed by atoms with Crippen LogP contribution < -0.4 is 5.32 Å². The smallest absolute Gasteiger partial charge is 0.152 e. The molecule has 1 unspecified atom stereocenters. The number of methoxy groups -OCH3 is 1. The van der Waals surface area contributed by atoms with Crippen molar-refractivity contribution in [1.82, 2.24) is 5.32 Å². The van der Waals surface area contributed by atoms with Crippen molar-refractivity contribution in [2.24, 2.45) is 0 Å². The fourth-order valence-electron chi connectivity index (χ4n) is 2.07. The van der Waals surface area contributed by atoms with Crippen molar-refractivity contribution in [1.29, 1.82) is 0 Å². The van der Waals surface area contributed by atoms with Crippen LogP contribution in [0.5, 0.6) is 0 Å². The Kier molecular flexibility index (Phi) is 6.48. The van der Waals surface area contributed by atoms with Crippen LogP contribution in [-0.2, 0) is 14.6 Å². The van der Waals surface area contributed by atoms with Crippen LogP contribution in [0.4, 0.5) is 0 Å². The number of sulfone groups is 1. The van der Waals surface area contributed by atoms with E-state index in [1.165, 1.54) is 0 Å². The van der Waals surface area contributed by atoms with Gasteiger partial charge in [0, 0.05) is 19.8 Å². The minimum absolute atomic E-state index is 0.123. The van der Waals surface area contributed by atoms with Gasteiger partial charge in [-0.3, -0.25) is 0 Å². The summed E-state index contributed by atoms with van der Waals surface area (Å²) >= 11 is 0. The van der Waals surface area contributed by atoms with Gasteiger partial charge in [-0.2, -0.15) is 0 Å². The van der Waals surface area contributed by atoms with E-state index in [-0.39, 0.29) is 17.5 Å². The second kappa shape index (κ2) is 7.62. The van der Waals surface area contributed by atoms with Crippen LogP contribution in [0.15, 0.2) is 24.3 Å². The Labute approximate surface area is 116 Å². The standard InChI is InChI=1S/C14H23NO3S/c1-12-7-4-5-8-13(12)14(15-2)11-19(16,17)10-6-9-18-3/h4-5,7-8,14-15H,6,9-11H2,1-3H3. The van der Waals surface area contributed by atoms with Gasteiger partial charge in [-0.05, 0) is 31.5 Å². The fourth-order valence-corrected chi connectivity index (χ4v) is 3.65. The third kappa shape index (κ3) is 5.30. The summed E-state index contributed by atoms with van der Waals surface area (Å²) in [5.41, 5.74) is 2.15. The van der Waals surface area contributed by atoms with Gasteiger partial charge in [-0.1, -0.05) is 24.3 Å². The number of ether oxygens (including phenoxy) is 1. The Hall–Kier alpha value is -0.910. The van der Waals surface area contributed by atoms with Crippen molar-refractivity contribution in [2.75, 3.05) is 32.3 Å². The lowest BCUT2D eigenvalue weighted by Crippen LogP contribution is -2.27. The van der Waals surface area contributed by atoms with Gasteiger partial charge in [0.2, 0.25) is 0 Å². The lowest BCUT2D eigenvalue weighted by atomic mass is 10.0. The summed E-state index contributed by atoms with van der Waals surface area (Å²) in [6.07, 6.45) is 0.545. The van der Waals surface area contributed by atoms with Gasteiger partial charge in [0.25, 0.3) is 0 Å². The summed E-state index contributed by atoms with van der Waals surface area (Å²) in [5, 5.41) is 3.10. The molecule has 0 aromatic heterocycles. The van der Waals surface area contributed by atoms with Crippen molar-refractivity contribution in [2.45, 2.75) is 19.4 Å². The SMILES string of the molecule is CNC(CS(=O)(=O)CCCOC)c1ccccc1C. The Morgan fingerprint density at radius 3 is 2.58 bits per heavy atom. The Morgan fingerprint density at radius 1 is 1.32 bits per heavy atom. The lowest BCUT2D eigenvalue weighted by molar-refractivity contribution is 0.199. The highest BCUT2D eigenvalue weighted by Gasteiger charge is 2.20. The molecule has 5 heteroatoms. The molecule has 0 spiro atoms. The van der Waals surface area contributed by atoms with E-state index in [0.29, 0.717) is 13.0 Å². The molecule has 1 aromatic rings. The van der Waals surface area contributed by atoms with E-state index >= 15 is 0 Å². The maximum atomic E-state index is 12.1. The Balaban J connectivity index is 2.74. The average Bonchev–Trinajstić information content (AvgIpc) is 2.37. The molecule has 0 bridgehead atoms. The third-order valence-corrected chi connectivity index (χ3v) is 4.89. The molecular formula is C14H23NO3S. The normalized spacial score (nSPS) is 13.4. The first-order chi connectivity index (χ1) is 9.00. The van der Waals surface area contributed by atoms with Crippen LogP contribution in [0.25, 0.3) is 0 Å². The van der Waals surface area contributed by atoms with Crippen LogP contribution in [0.3, 0.4) is 0 Å². The number of nitrogens with one attached hydrogen (secondary N) is 1. The maximum Gasteiger partial charge on any atom is 0.152 e. The van der Waals surface area contributed by atoms with E-state index in [0.717, 1.165) is 11.1 Å². The molecule has 4 nitrogen and oxygen atoms in total. The summed E-state index contributed by atoms with van der Waals surface area (Å²) in [5.74, 6) is 0.295. The number of rotatable bonds is 8. The van der Waals surface area contributed by atoms with Crippen LogP contribution in [0.2, 0.25) is 0 Å². The van der Waals surface area contributed by atoms with Crippen molar-refractivity contribution in [3.8, 4) is 0 Å². The van der Waals surface area contributed by atoms with Gasteiger partial charge in [0.15, 0.2) is 9.84 Å². The molecule has 1 N–H and O–H groups in total. The molecule has 1 atom stereocenters. The highest BCUT2D eigenvalue weighted by Crippen LogP contribution is 2.19. The Morgan fingerprint density at radius 2 is 2.00 bits per heavy atom. The zero-order valence-electron chi connectivity index (χ0n) is 11.8. The molecule has 0 saturated carbocycles. The van der Waals surface area contributed by atoms with Crippen LogP contribution in [0.1, 0.15) is 23.6 Å². The first kappa shape index (κ1) is 16.1. The molecule has 0 aliphatic carbocycles. The highest BCUT2D eigenvalue weighted by molar-refractivity contribution is 7.91. The van der Waals surface area contributed by atoms with E-state index in [1.54, 1.807) is 14.2 Å². The van der Waals surface area contributed by atoms with E-state index in [1.807, 2.05) is 31.2 Å². The molecule has 19 heavy (non-hydrogen) atoms. The Bertz CT molecular complexity index is 485. The van der Waals surface area contributed by atoms with Crippen molar-refractivity contribution in [3.05, 3.63) is 35.4 Å². The quantitative estimate of drug-likeness (QED) is 0.739. The van der Waals surface area contributed by atoms with Gasteiger partial charge < -0.3 is 10.1 Å². The van der Waals surface area contributed by atoms with Gasteiger partial charge >= 0.3 is 0 Å². The summed E-state index contributed by atoms with van der Waals surface area (Å²) in [7, 11) is 0.301. The minimum Gasteiger partial charge on any atom is -0.385 e. The summed E-state index contributed by atoms with van der Waals surface area (Å²) in [6.45, 7) is 2.48. The van der Waals surface area contributed by atoms with E-state index in [9.17, 15) is 8.42 Å². The monoisotopic (exact) mass is 285 g/mol. The lowest BCUT2D eigenvalue weighted by Gasteiger charge is -2.18. The number of hydrogen-bond donors (Lipinski definition) is 1. The predicted molar refractivity (Wildman–Crippen MR) is 78.1 cm³/mol. The second-order valence-corrected chi connectivity index (χ2v) is 6.89. The molecular weight excluding hydrogens is 262 g/mol. The molecule has 1 rings (SSSR count). The predicted octanol–water partition coefficient (Wildman–Crippen LogP) is 1.71. The molecule has 1 aromatic carbocycles. The largest absolute Gasteiger partial charge is 0.385 e. The summed E-state index contributed by atoms with van der Waals surface area (Å²) < 4.78 is 29.0. The van der Waals surface area contributed by atoms with Crippen LogP contribution in [0, 0.1) is 6.92 Å². The van der Waals surface area contributed by atoms with E-state index in [2.05, 4.69) is 5.32 Å². The first-order valence-corrected chi connectivity index (χ1v) is 8.24. The van der Waals surface area contributed by atoms with Gasteiger partial charge in [0.05, 0.1) is 11.5 Å². The van der Waals surface area contributed by atoms with Gasteiger partial charge in [-0.15, -0.1) is 0 Å². The van der Waals surface area contributed by atoms with Crippen molar-refractivity contribution >= 4 is 9.84 Å². The molecule has 0 amide bonds. The van der Waals surface area contributed by atoms with Crippen molar-refractivity contribution in [3.63, 3.8) is 0 Å². The average molecular weight is 285 g/mol. The molecule has 0 aliphatic heterocycles. The second-order valence-electron chi connectivity index (χ2n) is 4.66. The van der Waals surface area contributed by atoms with Gasteiger partial charge in [0.1, 0.15) is 0 Å². The summed E-state index contributed by atoms with van der Waals surface area (Å²) in [4.78, 5) is 0. The zero-order chi connectivity index (χ0) is 14.3. The first-order valence-electron chi connectivity index (χ1n) is 6.42.